The van der Waals surface area contributed by atoms with E-state index in [2.05, 4.69) is 56.4 Å². The first-order chi connectivity index (χ1) is 10.6. The monoisotopic (exact) mass is 298 g/mol. The van der Waals surface area contributed by atoms with Crippen molar-refractivity contribution in [2.45, 2.75) is 26.1 Å². The molecule has 2 aromatic carbocycles. The topological polar surface area (TPSA) is 18.5 Å². The van der Waals surface area contributed by atoms with E-state index >= 15 is 0 Å². The minimum absolute atomic E-state index is 0.450. The molecule has 0 aromatic heterocycles. The van der Waals surface area contributed by atoms with E-state index in [0.29, 0.717) is 6.04 Å². The van der Waals surface area contributed by atoms with Crippen molar-refractivity contribution >= 4 is 0 Å². The lowest BCUT2D eigenvalue weighted by molar-refractivity contribution is -0.956. The van der Waals surface area contributed by atoms with E-state index in [9.17, 15) is 0 Å². The Balaban J connectivity index is 1.93. The maximum absolute atomic E-state index is 5.44. The van der Waals surface area contributed by atoms with Crippen molar-refractivity contribution in [3.8, 4) is 11.5 Å². The third-order valence-electron chi connectivity index (χ3n) is 4.99. The number of fused-ring (bicyclic) bond motifs is 1. The molecule has 0 bridgehead atoms. The minimum atomic E-state index is 0.450. The van der Waals surface area contributed by atoms with E-state index in [1.807, 2.05) is 0 Å². The minimum Gasteiger partial charge on any atom is -0.493 e. The van der Waals surface area contributed by atoms with E-state index in [1.165, 1.54) is 16.7 Å². The summed E-state index contributed by atoms with van der Waals surface area (Å²) < 4.78 is 11.9. The molecule has 0 fully saturated rings. The summed E-state index contributed by atoms with van der Waals surface area (Å²) in [4.78, 5) is 0. The molecule has 1 atom stereocenters. The summed E-state index contributed by atoms with van der Waals surface area (Å²) in [5, 5.41) is 0. The lowest BCUT2D eigenvalue weighted by Crippen LogP contribution is -2.40. The maximum Gasteiger partial charge on any atom is 0.161 e. The first-order valence-corrected chi connectivity index (χ1v) is 7.70. The number of quaternary nitrogens is 1. The SMILES string of the molecule is COc1cc2c(cc1OC)C[N+](C)(C(C)c1ccccc1)C2. The van der Waals surface area contributed by atoms with E-state index in [1.54, 1.807) is 14.2 Å². The van der Waals surface area contributed by atoms with Gasteiger partial charge >= 0.3 is 0 Å². The van der Waals surface area contributed by atoms with Gasteiger partial charge in [0.2, 0.25) is 0 Å². The van der Waals surface area contributed by atoms with Crippen LogP contribution in [0.5, 0.6) is 11.5 Å². The van der Waals surface area contributed by atoms with Gasteiger partial charge in [-0.15, -0.1) is 0 Å². The molecule has 3 heteroatoms. The van der Waals surface area contributed by atoms with Gasteiger partial charge < -0.3 is 14.0 Å². The predicted octanol–water partition coefficient (Wildman–Crippen LogP) is 3.93. The molecule has 1 aliphatic rings. The molecule has 1 unspecified atom stereocenters. The van der Waals surface area contributed by atoms with Crippen LogP contribution in [-0.2, 0) is 13.1 Å². The van der Waals surface area contributed by atoms with Crippen LogP contribution in [0.2, 0.25) is 0 Å². The summed E-state index contributed by atoms with van der Waals surface area (Å²) in [7, 11) is 5.72. The Kier molecular flexibility index (Phi) is 3.83. The second kappa shape index (κ2) is 5.65. The molecule has 2 aromatic rings. The molecule has 116 valence electrons. The molecule has 0 radical (unpaired) electrons. The zero-order valence-corrected chi connectivity index (χ0v) is 13.8. The van der Waals surface area contributed by atoms with Crippen LogP contribution in [0.4, 0.5) is 0 Å². The number of benzene rings is 2. The van der Waals surface area contributed by atoms with Crippen LogP contribution in [0.25, 0.3) is 0 Å². The molecular formula is C19H24NO2+. The zero-order valence-electron chi connectivity index (χ0n) is 13.8. The zero-order chi connectivity index (χ0) is 15.7. The highest BCUT2D eigenvalue weighted by Crippen LogP contribution is 2.41. The lowest BCUT2D eigenvalue weighted by atomic mass is 10.1. The van der Waals surface area contributed by atoms with E-state index in [0.717, 1.165) is 29.1 Å². The molecule has 0 spiro atoms. The van der Waals surface area contributed by atoms with Crippen molar-refractivity contribution < 1.29 is 14.0 Å². The molecule has 3 rings (SSSR count). The van der Waals surface area contributed by atoms with Crippen LogP contribution in [0.1, 0.15) is 29.7 Å². The predicted molar refractivity (Wildman–Crippen MR) is 88.0 cm³/mol. The van der Waals surface area contributed by atoms with Crippen molar-refractivity contribution in [1.82, 2.24) is 0 Å². The standard InChI is InChI=1S/C19H24NO2/c1-14(15-8-6-5-7-9-15)20(2)12-16-10-18(21-3)19(22-4)11-17(16)13-20/h5-11,14H,12-13H2,1-4H3/q+1. The smallest absolute Gasteiger partial charge is 0.161 e. The fourth-order valence-corrected chi connectivity index (χ4v) is 3.46. The molecule has 0 aliphatic carbocycles. The first-order valence-electron chi connectivity index (χ1n) is 7.70. The van der Waals surface area contributed by atoms with Gasteiger partial charge in [-0.1, -0.05) is 30.3 Å². The molecule has 0 N–H and O–H groups in total. The fourth-order valence-electron chi connectivity index (χ4n) is 3.46. The van der Waals surface area contributed by atoms with Gasteiger partial charge in [-0.3, -0.25) is 0 Å². The summed E-state index contributed by atoms with van der Waals surface area (Å²) in [6.45, 7) is 4.35. The Morgan fingerprint density at radius 3 is 1.86 bits per heavy atom. The van der Waals surface area contributed by atoms with Crippen LogP contribution < -0.4 is 9.47 Å². The first kappa shape index (κ1) is 14.9. The summed E-state index contributed by atoms with van der Waals surface area (Å²) >= 11 is 0. The van der Waals surface area contributed by atoms with Crippen molar-refractivity contribution in [2.24, 2.45) is 0 Å². The van der Waals surface area contributed by atoms with Crippen molar-refractivity contribution in [3.63, 3.8) is 0 Å². The molecule has 3 nitrogen and oxygen atoms in total. The van der Waals surface area contributed by atoms with E-state index < -0.39 is 0 Å². The van der Waals surface area contributed by atoms with Crippen LogP contribution in [0.15, 0.2) is 42.5 Å². The van der Waals surface area contributed by atoms with Gasteiger partial charge in [-0.2, -0.15) is 0 Å². The number of hydrogen-bond acceptors (Lipinski definition) is 2. The molecule has 1 aliphatic heterocycles. The number of hydrogen-bond donors (Lipinski definition) is 0. The van der Waals surface area contributed by atoms with Crippen molar-refractivity contribution in [2.75, 3.05) is 21.3 Å². The Bertz CT molecular complexity index is 634. The largest absolute Gasteiger partial charge is 0.493 e. The number of ether oxygens (including phenoxy) is 2. The van der Waals surface area contributed by atoms with Crippen LogP contribution in [0.3, 0.4) is 0 Å². The summed E-state index contributed by atoms with van der Waals surface area (Å²) in [6, 6.07) is 15.5. The second-order valence-electron chi connectivity index (χ2n) is 6.36. The van der Waals surface area contributed by atoms with E-state index in [4.69, 9.17) is 9.47 Å². The van der Waals surface area contributed by atoms with Gasteiger partial charge in [0.25, 0.3) is 0 Å². The number of rotatable bonds is 4. The van der Waals surface area contributed by atoms with Gasteiger partial charge in [0.15, 0.2) is 11.5 Å². The van der Waals surface area contributed by atoms with Gasteiger partial charge in [0, 0.05) is 16.7 Å². The second-order valence-corrected chi connectivity index (χ2v) is 6.36. The normalized spacial score (nSPS) is 16.9. The van der Waals surface area contributed by atoms with Crippen LogP contribution in [-0.4, -0.2) is 25.8 Å². The van der Waals surface area contributed by atoms with E-state index in [-0.39, 0.29) is 0 Å². The Morgan fingerprint density at radius 1 is 0.909 bits per heavy atom. The molecule has 0 saturated carbocycles. The number of methoxy groups -OCH3 is 2. The summed E-state index contributed by atoms with van der Waals surface area (Å²) in [6.07, 6.45) is 0. The van der Waals surface area contributed by atoms with Gasteiger partial charge in [0.05, 0.1) is 21.3 Å². The van der Waals surface area contributed by atoms with Crippen molar-refractivity contribution in [1.29, 1.82) is 0 Å². The fraction of sp³-hybridized carbons (Fsp3) is 0.368. The van der Waals surface area contributed by atoms with Crippen LogP contribution in [0, 0.1) is 0 Å². The van der Waals surface area contributed by atoms with Crippen molar-refractivity contribution in [3.05, 3.63) is 59.2 Å². The summed E-state index contributed by atoms with van der Waals surface area (Å²) in [5.74, 6) is 1.64. The third-order valence-corrected chi connectivity index (χ3v) is 4.99. The Labute approximate surface area is 132 Å². The summed E-state index contributed by atoms with van der Waals surface area (Å²) in [5.41, 5.74) is 4.11. The highest BCUT2D eigenvalue weighted by molar-refractivity contribution is 5.48. The Hall–Kier alpha value is -2.00. The molecular weight excluding hydrogens is 274 g/mol. The highest BCUT2D eigenvalue weighted by atomic mass is 16.5. The van der Waals surface area contributed by atoms with Crippen LogP contribution >= 0.6 is 0 Å². The molecule has 1 heterocycles. The molecule has 22 heavy (non-hydrogen) atoms. The lowest BCUT2D eigenvalue weighted by Gasteiger charge is -2.36. The average molecular weight is 298 g/mol. The quantitative estimate of drug-likeness (QED) is 0.796. The molecule has 0 amide bonds. The number of nitrogens with zero attached hydrogens (tertiary/aromatic N) is 1. The average Bonchev–Trinajstić information content (AvgIpc) is 2.89. The van der Waals surface area contributed by atoms with Gasteiger partial charge in [-0.05, 0) is 19.1 Å². The van der Waals surface area contributed by atoms with Gasteiger partial charge in [-0.25, -0.2) is 0 Å². The third kappa shape index (κ3) is 2.46. The molecule has 0 saturated heterocycles. The Morgan fingerprint density at radius 2 is 1.41 bits per heavy atom. The van der Waals surface area contributed by atoms with Gasteiger partial charge in [0.1, 0.15) is 19.1 Å². The maximum atomic E-state index is 5.44. The highest BCUT2D eigenvalue weighted by Gasteiger charge is 2.38.